The predicted octanol–water partition coefficient (Wildman–Crippen LogP) is 12.1. The molecular weight excluding hydrogens is 683 g/mol. The molecule has 0 saturated carbocycles. The van der Waals surface area contributed by atoms with Crippen molar-refractivity contribution in [3.8, 4) is 33.5 Å². The maximum atomic E-state index is 5.29. The number of aliphatic imine (C=N–C) groups is 2. The first-order valence-electron chi connectivity index (χ1n) is 18.9. The van der Waals surface area contributed by atoms with E-state index in [4.69, 9.17) is 9.98 Å². The Kier molecular flexibility index (Phi) is 10.7. The number of nitrogens with one attached hydrogen (secondary N) is 2. The fourth-order valence-electron chi connectivity index (χ4n) is 7.28. The van der Waals surface area contributed by atoms with Gasteiger partial charge in [-0.25, -0.2) is 15.0 Å². The lowest BCUT2D eigenvalue weighted by molar-refractivity contribution is 0.554. The lowest BCUT2D eigenvalue weighted by atomic mass is 9.93. The number of allylic oxidation sites excluding steroid dienone is 2. The fraction of sp³-hybridized carbons (Fsp3) is 0.0784. The second-order valence-corrected chi connectivity index (χ2v) is 13.9. The molecule has 0 bridgehead atoms. The zero-order valence-electron chi connectivity index (χ0n) is 31.5. The molecule has 56 heavy (non-hydrogen) atoms. The Morgan fingerprint density at radius 3 is 2.34 bits per heavy atom. The van der Waals surface area contributed by atoms with E-state index in [0.29, 0.717) is 12.4 Å². The third-order valence-electron chi connectivity index (χ3n) is 10.2. The molecule has 6 aromatic carbocycles. The number of anilines is 1. The van der Waals surface area contributed by atoms with Gasteiger partial charge in [-0.05, 0) is 82.4 Å². The van der Waals surface area contributed by atoms with Crippen molar-refractivity contribution >= 4 is 41.3 Å². The van der Waals surface area contributed by atoms with E-state index >= 15 is 0 Å². The van der Waals surface area contributed by atoms with Crippen LogP contribution in [0.5, 0.6) is 0 Å². The molecular formula is C51H43N5. The Labute approximate surface area is 329 Å². The number of rotatable bonds is 11. The molecule has 0 amide bonds. The van der Waals surface area contributed by atoms with Gasteiger partial charge in [-0.15, -0.1) is 0 Å². The average molecular weight is 726 g/mol. The number of aryl methyl sites for hydroxylation is 1. The van der Waals surface area contributed by atoms with E-state index in [1.807, 2.05) is 30.3 Å². The van der Waals surface area contributed by atoms with Crippen LogP contribution < -0.4 is 10.6 Å². The van der Waals surface area contributed by atoms with Gasteiger partial charge in [-0.3, -0.25) is 5.32 Å². The molecule has 1 atom stereocenters. The molecule has 0 fully saturated rings. The number of benzene rings is 6. The smallest absolute Gasteiger partial charge is 0.155 e. The Morgan fingerprint density at radius 1 is 0.804 bits per heavy atom. The molecule has 272 valence electrons. The van der Waals surface area contributed by atoms with Gasteiger partial charge in [-0.1, -0.05) is 158 Å². The number of hydrogen-bond acceptors (Lipinski definition) is 4. The molecule has 0 spiro atoms. The zero-order valence-corrected chi connectivity index (χ0v) is 31.5. The van der Waals surface area contributed by atoms with Crippen LogP contribution in [0.25, 0.3) is 56.6 Å². The third-order valence-corrected chi connectivity index (χ3v) is 10.2. The van der Waals surface area contributed by atoms with Crippen LogP contribution in [-0.2, 0) is 6.54 Å². The molecule has 8 rings (SSSR count). The maximum absolute atomic E-state index is 5.29. The average Bonchev–Trinajstić information content (AvgIpc) is 3.26. The molecule has 5 nitrogen and oxygen atoms in total. The standard InChI is InChI=1S/C51H43N5/c1-4-5-14-37-26-27-41-28-29-47(55-48(41)35(37)2)44-31-43(46-21-12-19-40-20-13-30-53-49(40)46)32-45(33-44)50(52-3)56-51(42-17-10-7-11-18-42)54-34-36-22-24-39(25-23-36)38-15-8-6-9-16-38/h4-29,31-33,51,53-54H,1,3,30,34H2,2H3/b14-5-,56-50-. The summed E-state index contributed by atoms with van der Waals surface area (Å²) < 4.78 is 0. The number of pyridine rings is 1. The van der Waals surface area contributed by atoms with E-state index < -0.39 is 0 Å². The van der Waals surface area contributed by atoms with Crippen LogP contribution in [0.4, 0.5) is 5.69 Å². The topological polar surface area (TPSA) is 61.7 Å². The summed E-state index contributed by atoms with van der Waals surface area (Å²) in [5, 5.41) is 8.41. The highest BCUT2D eigenvalue weighted by molar-refractivity contribution is 6.04. The molecule has 0 aliphatic carbocycles. The van der Waals surface area contributed by atoms with Crippen LogP contribution in [-0.4, -0.2) is 24.1 Å². The van der Waals surface area contributed by atoms with Crippen LogP contribution in [0.2, 0.25) is 0 Å². The molecule has 5 heteroatoms. The van der Waals surface area contributed by atoms with Gasteiger partial charge >= 0.3 is 0 Å². The van der Waals surface area contributed by atoms with Crippen molar-refractivity contribution in [2.45, 2.75) is 19.6 Å². The Balaban J connectivity index is 1.21. The zero-order chi connectivity index (χ0) is 38.3. The lowest BCUT2D eigenvalue weighted by Gasteiger charge is -2.20. The van der Waals surface area contributed by atoms with E-state index in [1.165, 1.54) is 11.1 Å². The van der Waals surface area contributed by atoms with Crippen molar-refractivity contribution in [1.82, 2.24) is 10.3 Å². The van der Waals surface area contributed by atoms with E-state index in [1.54, 1.807) is 6.08 Å². The number of amidine groups is 1. The first-order chi connectivity index (χ1) is 27.6. The highest BCUT2D eigenvalue weighted by Crippen LogP contribution is 2.37. The SMILES string of the molecule is C=C/C=C\c1ccc2ccc(-c3cc(/C(N=C)=N/C(NCc4ccc(-c5ccccc5)cc4)c4ccccc4)cc(-c4cccc5c4NCC=C5)c3)nc2c1C. The molecule has 0 radical (unpaired) electrons. The monoisotopic (exact) mass is 725 g/mol. The summed E-state index contributed by atoms with van der Waals surface area (Å²) in [4.78, 5) is 15.1. The van der Waals surface area contributed by atoms with Gasteiger partial charge in [0.25, 0.3) is 0 Å². The quantitative estimate of drug-likeness (QED) is 0.0793. The van der Waals surface area contributed by atoms with Crippen molar-refractivity contribution in [3.63, 3.8) is 0 Å². The Morgan fingerprint density at radius 2 is 1.55 bits per heavy atom. The van der Waals surface area contributed by atoms with Gasteiger partial charge in [0.05, 0.1) is 11.2 Å². The van der Waals surface area contributed by atoms with Crippen LogP contribution in [0.1, 0.15) is 39.5 Å². The lowest BCUT2D eigenvalue weighted by Crippen LogP contribution is -2.21. The van der Waals surface area contributed by atoms with Crippen LogP contribution in [0.15, 0.2) is 180 Å². The summed E-state index contributed by atoms with van der Waals surface area (Å²) in [6, 6.07) is 50.9. The summed E-state index contributed by atoms with van der Waals surface area (Å²) in [6.07, 6.45) is 9.77. The minimum Gasteiger partial charge on any atom is -0.381 e. The van der Waals surface area contributed by atoms with Crippen molar-refractivity contribution in [2.75, 3.05) is 11.9 Å². The fourth-order valence-corrected chi connectivity index (χ4v) is 7.28. The number of aromatic nitrogens is 1. The number of hydrogen-bond donors (Lipinski definition) is 2. The van der Waals surface area contributed by atoms with Crippen LogP contribution in [0.3, 0.4) is 0 Å². The molecule has 1 aromatic heterocycles. The minimum absolute atomic E-state index is 0.377. The third kappa shape index (κ3) is 7.81. The van der Waals surface area contributed by atoms with Gasteiger partial charge in [0.1, 0.15) is 6.17 Å². The second kappa shape index (κ2) is 16.6. The van der Waals surface area contributed by atoms with Crippen LogP contribution >= 0.6 is 0 Å². The summed E-state index contributed by atoms with van der Waals surface area (Å²) >= 11 is 0. The van der Waals surface area contributed by atoms with Crippen molar-refractivity contribution in [3.05, 3.63) is 204 Å². The minimum atomic E-state index is -0.377. The largest absolute Gasteiger partial charge is 0.381 e. The van der Waals surface area contributed by atoms with Crippen molar-refractivity contribution in [1.29, 1.82) is 0 Å². The number of fused-ring (bicyclic) bond motifs is 2. The molecule has 7 aromatic rings. The summed E-state index contributed by atoms with van der Waals surface area (Å²) in [7, 11) is 0. The molecule has 1 aliphatic rings. The predicted molar refractivity (Wildman–Crippen MR) is 238 cm³/mol. The first kappa shape index (κ1) is 36.0. The van der Waals surface area contributed by atoms with E-state index in [2.05, 4.69) is 175 Å². The highest BCUT2D eigenvalue weighted by Gasteiger charge is 2.18. The van der Waals surface area contributed by atoms with E-state index in [-0.39, 0.29) is 6.17 Å². The number of nitrogens with zero attached hydrogens (tertiary/aromatic N) is 3. The van der Waals surface area contributed by atoms with E-state index in [0.717, 1.165) is 78.9 Å². The summed E-state index contributed by atoms with van der Waals surface area (Å²) in [5.74, 6) is 0.542. The van der Waals surface area contributed by atoms with Gasteiger partial charge in [0.15, 0.2) is 5.84 Å². The number of para-hydroxylation sites is 1. The highest BCUT2D eigenvalue weighted by atomic mass is 15.1. The molecule has 1 aliphatic heterocycles. The first-order valence-corrected chi connectivity index (χ1v) is 18.9. The van der Waals surface area contributed by atoms with Crippen molar-refractivity contribution < 1.29 is 0 Å². The van der Waals surface area contributed by atoms with Crippen LogP contribution in [0, 0.1) is 6.92 Å². The normalized spacial score (nSPS) is 13.0. The summed E-state index contributed by atoms with van der Waals surface area (Å²) in [6.45, 7) is 11.4. The van der Waals surface area contributed by atoms with Gasteiger partial charge in [0.2, 0.25) is 0 Å². The summed E-state index contributed by atoms with van der Waals surface area (Å²) in [5.41, 5.74) is 14.9. The Hall–Kier alpha value is -6.95. The molecule has 1 unspecified atom stereocenters. The maximum Gasteiger partial charge on any atom is 0.155 e. The van der Waals surface area contributed by atoms with Gasteiger partial charge in [0, 0.05) is 40.9 Å². The molecule has 2 N–H and O–H groups in total. The molecule has 0 saturated heterocycles. The molecule has 2 heterocycles. The Bertz CT molecular complexity index is 2620. The van der Waals surface area contributed by atoms with E-state index in [9.17, 15) is 0 Å². The second-order valence-electron chi connectivity index (χ2n) is 13.9. The van der Waals surface area contributed by atoms with Crippen molar-refractivity contribution in [2.24, 2.45) is 9.98 Å². The van der Waals surface area contributed by atoms with Gasteiger partial charge in [-0.2, -0.15) is 0 Å². The van der Waals surface area contributed by atoms with Gasteiger partial charge < -0.3 is 5.32 Å².